The highest BCUT2D eigenvalue weighted by Gasteiger charge is 2.29. The Morgan fingerprint density at radius 2 is 1.89 bits per heavy atom. The van der Waals surface area contributed by atoms with Crippen LogP contribution in [0.4, 0.5) is 0 Å². The fourth-order valence-corrected chi connectivity index (χ4v) is 3.20. The number of amides is 2. The van der Waals surface area contributed by atoms with Crippen LogP contribution in [-0.2, 0) is 4.79 Å². The van der Waals surface area contributed by atoms with E-state index in [1.54, 1.807) is 23.1 Å². The van der Waals surface area contributed by atoms with Gasteiger partial charge in [0.15, 0.2) is 11.5 Å². The molecule has 1 aliphatic heterocycles. The van der Waals surface area contributed by atoms with Crippen LogP contribution in [0.25, 0.3) is 0 Å². The summed E-state index contributed by atoms with van der Waals surface area (Å²) in [6.07, 6.45) is 3.37. The lowest BCUT2D eigenvalue weighted by molar-refractivity contribution is -0.126. The molecule has 0 saturated carbocycles. The number of piperidine rings is 1. The summed E-state index contributed by atoms with van der Waals surface area (Å²) < 4.78 is 11.5. The molecule has 1 aliphatic rings. The summed E-state index contributed by atoms with van der Waals surface area (Å²) in [7, 11) is 0. The van der Waals surface area contributed by atoms with Crippen LogP contribution in [0.2, 0.25) is 0 Å². The van der Waals surface area contributed by atoms with E-state index in [0.717, 1.165) is 25.7 Å². The average molecular weight is 392 g/mol. The quantitative estimate of drug-likeness (QED) is 0.638. The smallest absolute Gasteiger partial charge is 0.254 e. The van der Waals surface area contributed by atoms with Crippen molar-refractivity contribution < 1.29 is 19.1 Å². The fraction of sp³-hybridized carbons (Fsp3) is 0.619. The van der Waals surface area contributed by atoms with E-state index in [1.807, 2.05) is 13.8 Å². The topological polar surface area (TPSA) is 93.9 Å². The maximum atomic E-state index is 13.0. The first-order chi connectivity index (χ1) is 13.6. The van der Waals surface area contributed by atoms with Crippen molar-refractivity contribution in [2.24, 2.45) is 11.7 Å². The largest absolute Gasteiger partial charge is 0.490 e. The molecule has 1 saturated heterocycles. The van der Waals surface area contributed by atoms with Crippen LogP contribution in [0.3, 0.4) is 0 Å². The molecule has 0 aromatic heterocycles. The zero-order chi connectivity index (χ0) is 20.4. The first-order valence-corrected chi connectivity index (χ1v) is 10.3. The van der Waals surface area contributed by atoms with Gasteiger partial charge >= 0.3 is 0 Å². The maximum Gasteiger partial charge on any atom is 0.254 e. The van der Waals surface area contributed by atoms with Gasteiger partial charge in [0.05, 0.1) is 19.1 Å². The molecule has 1 unspecified atom stereocenters. The maximum absolute atomic E-state index is 13.0. The minimum atomic E-state index is -0.188. The molecule has 156 valence electrons. The Kier molecular flexibility index (Phi) is 9.07. The van der Waals surface area contributed by atoms with Crippen molar-refractivity contribution in [2.75, 3.05) is 39.4 Å². The van der Waals surface area contributed by atoms with Gasteiger partial charge in [-0.3, -0.25) is 9.59 Å². The Balaban J connectivity index is 2.10. The molecule has 0 spiro atoms. The van der Waals surface area contributed by atoms with Crippen molar-refractivity contribution in [3.63, 3.8) is 0 Å². The summed E-state index contributed by atoms with van der Waals surface area (Å²) in [5.74, 6) is 0.949. The zero-order valence-corrected chi connectivity index (χ0v) is 17.0. The van der Waals surface area contributed by atoms with Gasteiger partial charge in [-0.1, -0.05) is 13.8 Å². The third-order valence-corrected chi connectivity index (χ3v) is 4.64. The summed E-state index contributed by atoms with van der Waals surface area (Å²) in [5, 5.41) is 2.82. The molecule has 3 N–H and O–H groups in total. The minimum Gasteiger partial charge on any atom is -0.490 e. The second-order valence-corrected chi connectivity index (χ2v) is 7.03. The SMILES string of the molecule is CCCOc1ccc(C(=O)N2CCCC(C(=O)NCCN)C2)cc1OCCC. The number of hydrogen-bond acceptors (Lipinski definition) is 5. The Labute approximate surface area is 167 Å². The van der Waals surface area contributed by atoms with Crippen molar-refractivity contribution in [1.82, 2.24) is 10.2 Å². The molecule has 0 bridgehead atoms. The Hall–Kier alpha value is -2.28. The average Bonchev–Trinajstić information content (AvgIpc) is 2.74. The Bertz CT molecular complexity index is 651. The van der Waals surface area contributed by atoms with Crippen molar-refractivity contribution in [1.29, 1.82) is 0 Å². The first kappa shape index (κ1) is 22.0. The molecule has 0 radical (unpaired) electrons. The van der Waals surface area contributed by atoms with Gasteiger partial charge in [0.25, 0.3) is 5.91 Å². The van der Waals surface area contributed by atoms with Crippen molar-refractivity contribution in [3.8, 4) is 11.5 Å². The molecule has 7 nitrogen and oxygen atoms in total. The van der Waals surface area contributed by atoms with Gasteiger partial charge in [0.2, 0.25) is 5.91 Å². The molecule has 7 heteroatoms. The third-order valence-electron chi connectivity index (χ3n) is 4.64. The van der Waals surface area contributed by atoms with Gasteiger partial charge in [-0.25, -0.2) is 0 Å². The first-order valence-electron chi connectivity index (χ1n) is 10.3. The van der Waals surface area contributed by atoms with Crippen LogP contribution < -0.4 is 20.5 Å². The summed E-state index contributed by atoms with van der Waals surface area (Å²) >= 11 is 0. The molecular formula is C21H33N3O4. The van der Waals surface area contributed by atoms with Gasteiger partial charge in [0.1, 0.15) is 0 Å². The van der Waals surface area contributed by atoms with E-state index in [-0.39, 0.29) is 17.7 Å². The number of likely N-dealkylation sites (tertiary alicyclic amines) is 1. The van der Waals surface area contributed by atoms with E-state index in [0.29, 0.717) is 56.5 Å². The standard InChI is InChI=1S/C21H33N3O4/c1-3-12-27-18-8-7-16(14-19(18)28-13-4-2)21(26)24-11-5-6-17(15-24)20(25)23-10-9-22/h7-8,14,17H,3-6,9-13,15,22H2,1-2H3,(H,23,25). The number of benzene rings is 1. The van der Waals surface area contributed by atoms with E-state index in [1.165, 1.54) is 0 Å². The minimum absolute atomic E-state index is 0.0294. The van der Waals surface area contributed by atoms with Crippen molar-refractivity contribution >= 4 is 11.8 Å². The molecule has 1 aromatic rings. The summed E-state index contributed by atoms with van der Waals surface area (Å²) in [6, 6.07) is 5.31. The molecule has 0 aliphatic carbocycles. The molecular weight excluding hydrogens is 358 g/mol. The van der Waals surface area contributed by atoms with Crippen LogP contribution in [0.5, 0.6) is 11.5 Å². The van der Waals surface area contributed by atoms with Gasteiger partial charge in [-0.05, 0) is 43.9 Å². The van der Waals surface area contributed by atoms with Crippen LogP contribution in [0.1, 0.15) is 49.9 Å². The Morgan fingerprint density at radius 3 is 2.57 bits per heavy atom. The fourth-order valence-electron chi connectivity index (χ4n) is 3.20. The lowest BCUT2D eigenvalue weighted by Crippen LogP contribution is -2.46. The molecule has 1 fully saturated rings. The second-order valence-electron chi connectivity index (χ2n) is 7.03. The third kappa shape index (κ3) is 6.12. The number of ether oxygens (including phenoxy) is 2. The van der Waals surface area contributed by atoms with Crippen LogP contribution in [0, 0.1) is 5.92 Å². The van der Waals surface area contributed by atoms with Gasteiger partial charge in [-0.2, -0.15) is 0 Å². The zero-order valence-electron chi connectivity index (χ0n) is 17.0. The normalized spacial score (nSPS) is 16.5. The molecule has 1 aromatic carbocycles. The van der Waals surface area contributed by atoms with E-state index < -0.39 is 0 Å². The van der Waals surface area contributed by atoms with E-state index in [4.69, 9.17) is 15.2 Å². The molecule has 1 heterocycles. The predicted molar refractivity (Wildman–Crippen MR) is 109 cm³/mol. The molecule has 28 heavy (non-hydrogen) atoms. The van der Waals surface area contributed by atoms with E-state index in [2.05, 4.69) is 5.32 Å². The van der Waals surface area contributed by atoms with Crippen LogP contribution in [-0.4, -0.2) is 56.1 Å². The van der Waals surface area contributed by atoms with Gasteiger partial charge < -0.3 is 25.4 Å². The molecule has 2 rings (SSSR count). The summed E-state index contributed by atoms with van der Waals surface area (Å²) in [5.41, 5.74) is 6.00. The highest BCUT2D eigenvalue weighted by Crippen LogP contribution is 2.30. The number of hydrogen-bond donors (Lipinski definition) is 2. The number of nitrogens with one attached hydrogen (secondary N) is 1. The van der Waals surface area contributed by atoms with E-state index >= 15 is 0 Å². The lowest BCUT2D eigenvalue weighted by atomic mass is 9.96. The van der Waals surface area contributed by atoms with Crippen LogP contribution >= 0.6 is 0 Å². The number of carbonyl (C=O) groups is 2. The molecule has 1 atom stereocenters. The van der Waals surface area contributed by atoms with Gasteiger partial charge in [-0.15, -0.1) is 0 Å². The monoisotopic (exact) mass is 391 g/mol. The lowest BCUT2D eigenvalue weighted by Gasteiger charge is -2.32. The summed E-state index contributed by atoms with van der Waals surface area (Å²) in [4.78, 5) is 27.0. The van der Waals surface area contributed by atoms with E-state index in [9.17, 15) is 9.59 Å². The highest BCUT2D eigenvalue weighted by molar-refractivity contribution is 5.95. The summed E-state index contributed by atoms with van der Waals surface area (Å²) in [6.45, 7) is 7.18. The number of carbonyl (C=O) groups excluding carboxylic acids is 2. The number of nitrogens with two attached hydrogens (primary N) is 1. The highest BCUT2D eigenvalue weighted by atomic mass is 16.5. The second kappa shape index (κ2) is 11.5. The number of nitrogens with zero attached hydrogens (tertiary/aromatic N) is 1. The Morgan fingerprint density at radius 1 is 1.18 bits per heavy atom. The van der Waals surface area contributed by atoms with Crippen molar-refractivity contribution in [2.45, 2.75) is 39.5 Å². The molecule has 2 amide bonds. The van der Waals surface area contributed by atoms with Crippen molar-refractivity contribution in [3.05, 3.63) is 23.8 Å². The van der Waals surface area contributed by atoms with Gasteiger partial charge in [0, 0.05) is 31.7 Å². The van der Waals surface area contributed by atoms with Crippen LogP contribution in [0.15, 0.2) is 18.2 Å². The number of rotatable bonds is 10. The predicted octanol–water partition coefficient (Wildman–Crippen LogP) is 2.19.